The highest BCUT2D eigenvalue weighted by atomic mass is 32.2. The van der Waals surface area contributed by atoms with Gasteiger partial charge in [-0.15, -0.1) is 0 Å². The summed E-state index contributed by atoms with van der Waals surface area (Å²) in [5.74, 6) is -3.44. The Kier molecular flexibility index (Phi) is 6.74. The maximum absolute atomic E-state index is 14.7. The highest BCUT2D eigenvalue weighted by molar-refractivity contribution is 7.92. The van der Waals surface area contributed by atoms with Crippen LogP contribution in [0.2, 0.25) is 0 Å². The summed E-state index contributed by atoms with van der Waals surface area (Å²) >= 11 is 0. The normalized spacial score (nSPS) is 14.7. The molecule has 1 aliphatic heterocycles. The Hall–Kier alpha value is -3.70. The van der Waals surface area contributed by atoms with Gasteiger partial charge in [0, 0.05) is 54.0 Å². The Balaban J connectivity index is 1.77. The number of benzene rings is 3. The third-order valence-corrected chi connectivity index (χ3v) is 7.10. The number of fused-ring (bicyclic) bond motifs is 1. The molecule has 1 aromatic heterocycles. The number of nitrogens with zero attached hydrogens (tertiary/aromatic N) is 2. The zero-order valence-electron chi connectivity index (χ0n) is 20.3. The van der Waals surface area contributed by atoms with Gasteiger partial charge >= 0.3 is 0 Å². The summed E-state index contributed by atoms with van der Waals surface area (Å²) in [4.78, 5) is 6.54. The first-order valence-corrected chi connectivity index (χ1v) is 13.7. The number of hydrogen-bond donors (Lipinski definition) is 2. The van der Waals surface area contributed by atoms with E-state index in [1.165, 1.54) is 12.1 Å². The van der Waals surface area contributed by atoms with Crippen LogP contribution >= 0.6 is 0 Å². The molecule has 198 valence electrons. The van der Waals surface area contributed by atoms with Crippen LogP contribution in [0.5, 0.6) is 0 Å². The first-order chi connectivity index (χ1) is 18.0. The first-order valence-electron chi connectivity index (χ1n) is 11.9. The molecule has 0 unspecified atom stereocenters. The minimum atomic E-state index is -3.88. The van der Waals surface area contributed by atoms with Gasteiger partial charge in [-0.25, -0.2) is 26.0 Å². The van der Waals surface area contributed by atoms with Gasteiger partial charge in [-0.3, -0.25) is 9.71 Å². The number of pyridine rings is 1. The predicted molar refractivity (Wildman–Crippen MR) is 140 cm³/mol. The van der Waals surface area contributed by atoms with Gasteiger partial charge in [-0.1, -0.05) is 6.07 Å². The molecule has 1 saturated heterocycles. The number of hydrogen-bond acceptors (Lipinski definition) is 5. The van der Waals surface area contributed by atoms with E-state index in [0.29, 0.717) is 59.7 Å². The van der Waals surface area contributed by atoms with E-state index in [9.17, 15) is 26.0 Å². The third-order valence-electron chi connectivity index (χ3n) is 6.52. The molecule has 3 aromatic carbocycles. The predicted octanol–water partition coefficient (Wildman–Crippen LogP) is 5.42. The molecule has 0 amide bonds. The molecule has 1 fully saturated rings. The standard InChI is InChI=1S/C27H24F4N4O2S/c1-38(36,37)34-26-21(12-19(30)13-24(26)31)15-2-3-25-22(10-15)27(35-6-4-20(32)5-7-35)23(14-33-25)16-8-17(28)11-18(29)9-16/h2-3,8-14,20,34H,4-7,32H2,1H3. The zero-order valence-corrected chi connectivity index (χ0v) is 21.1. The van der Waals surface area contributed by atoms with E-state index < -0.39 is 39.0 Å². The molecule has 0 saturated carbocycles. The second kappa shape index (κ2) is 9.88. The molecular formula is C27H24F4N4O2S. The van der Waals surface area contributed by atoms with Gasteiger partial charge in [0.05, 0.1) is 23.1 Å². The monoisotopic (exact) mass is 544 g/mol. The number of sulfonamides is 1. The Morgan fingerprint density at radius 2 is 1.55 bits per heavy atom. The zero-order chi connectivity index (χ0) is 27.2. The number of nitrogens with one attached hydrogen (secondary N) is 1. The Bertz CT molecular complexity index is 1630. The highest BCUT2D eigenvalue weighted by Gasteiger charge is 2.24. The third kappa shape index (κ3) is 5.30. The van der Waals surface area contributed by atoms with E-state index in [-0.39, 0.29) is 17.2 Å². The van der Waals surface area contributed by atoms with Crippen molar-refractivity contribution in [3.63, 3.8) is 0 Å². The quantitative estimate of drug-likeness (QED) is 0.328. The summed E-state index contributed by atoms with van der Waals surface area (Å²) in [6, 6.07) is 9.73. The van der Waals surface area contributed by atoms with Crippen LogP contribution in [0.4, 0.5) is 28.9 Å². The molecule has 2 heterocycles. The van der Waals surface area contributed by atoms with E-state index in [2.05, 4.69) is 14.6 Å². The number of piperidine rings is 1. The molecule has 6 nitrogen and oxygen atoms in total. The summed E-state index contributed by atoms with van der Waals surface area (Å²) in [5, 5.41) is 0.565. The first kappa shape index (κ1) is 25.9. The van der Waals surface area contributed by atoms with Crippen LogP contribution in [0, 0.1) is 23.3 Å². The average Bonchev–Trinajstić information content (AvgIpc) is 2.84. The fraction of sp³-hybridized carbons (Fsp3) is 0.222. The smallest absolute Gasteiger partial charge is 0.229 e. The van der Waals surface area contributed by atoms with Gasteiger partial charge in [0.1, 0.15) is 17.5 Å². The van der Waals surface area contributed by atoms with Crippen molar-refractivity contribution in [3.8, 4) is 22.3 Å². The topological polar surface area (TPSA) is 88.3 Å². The molecule has 1 aliphatic rings. The van der Waals surface area contributed by atoms with Gasteiger partial charge in [-0.2, -0.15) is 0 Å². The summed E-state index contributed by atoms with van der Waals surface area (Å²) < 4.78 is 83.3. The minimum Gasteiger partial charge on any atom is -0.370 e. The molecule has 0 radical (unpaired) electrons. The second-order valence-corrected chi connectivity index (χ2v) is 11.2. The fourth-order valence-electron chi connectivity index (χ4n) is 4.82. The summed E-state index contributed by atoms with van der Waals surface area (Å²) in [6.07, 6.45) is 3.79. The molecule has 0 bridgehead atoms. The lowest BCUT2D eigenvalue weighted by atomic mass is 9.95. The van der Waals surface area contributed by atoms with E-state index in [4.69, 9.17) is 5.73 Å². The van der Waals surface area contributed by atoms with E-state index in [1.54, 1.807) is 24.4 Å². The number of halogens is 4. The lowest BCUT2D eigenvalue weighted by molar-refractivity contribution is 0.502. The van der Waals surface area contributed by atoms with Crippen molar-refractivity contribution in [2.45, 2.75) is 18.9 Å². The summed E-state index contributed by atoms with van der Waals surface area (Å²) in [6.45, 7) is 1.15. The Morgan fingerprint density at radius 3 is 2.21 bits per heavy atom. The van der Waals surface area contributed by atoms with Crippen molar-refractivity contribution >= 4 is 32.3 Å². The van der Waals surface area contributed by atoms with Crippen LogP contribution in [0.1, 0.15) is 12.8 Å². The average molecular weight is 545 g/mol. The van der Waals surface area contributed by atoms with Crippen molar-refractivity contribution in [2.75, 3.05) is 29.0 Å². The van der Waals surface area contributed by atoms with Gasteiger partial charge in [-0.05, 0) is 54.3 Å². The molecule has 3 N–H and O–H groups in total. The van der Waals surface area contributed by atoms with Crippen molar-refractivity contribution in [1.29, 1.82) is 0 Å². The molecular weight excluding hydrogens is 520 g/mol. The largest absolute Gasteiger partial charge is 0.370 e. The molecule has 11 heteroatoms. The maximum Gasteiger partial charge on any atom is 0.229 e. The molecule has 0 atom stereocenters. The molecule has 4 aromatic rings. The SMILES string of the molecule is CS(=O)(=O)Nc1c(F)cc(F)cc1-c1ccc2ncc(-c3cc(F)cc(F)c3)c(N3CCC(N)CC3)c2c1. The van der Waals surface area contributed by atoms with E-state index in [0.717, 1.165) is 18.4 Å². The minimum absolute atomic E-state index is 0.0105. The van der Waals surface area contributed by atoms with Gasteiger partial charge in [0.15, 0.2) is 5.82 Å². The number of anilines is 2. The summed E-state index contributed by atoms with van der Waals surface area (Å²) in [5.41, 5.74) is 7.96. The summed E-state index contributed by atoms with van der Waals surface area (Å²) in [7, 11) is -3.88. The Labute approximate surface area is 217 Å². The highest BCUT2D eigenvalue weighted by Crippen LogP contribution is 2.41. The van der Waals surface area contributed by atoms with E-state index >= 15 is 0 Å². The van der Waals surface area contributed by atoms with Crippen LogP contribution < -0.4 is 15.4 Å². The number of rotatable bonds is 5. The van der Waals surface area contributed by atoms with Crippen LogP contribution in [0.3, 0.4) is 0 Å². The van der Waals surface area contributed by atoms with E-state index in [1.807, 2.05) is 0 Å². The lowest BCUT2D eigenvalue weighted by Gasteiger charge is -2.34. The van der Waals surface area contributed by atoms with Crippen LogP contribution in [-0.2, 0) is 10.0 Å². The van der Waals surface area contributed by atoms with Crippen molar-refractivity contribution in [3.05, 3.63) is 78.0 Å². The second-order valence-electron chi connectivity index (χ2n) is 9.42. The van der Waals surface area contributed by atoms with Crippen molar-refractivity contribution in [2.24, 2.45) is 5.73 Å². The van der Waals surface area contributed by atoms with Gasteiger partial charge < -0.3 is 10.6 Å². The fourth-order valence-corrected chi connectivity index (χ4v) is 5.40. The molecule has 0 aliphatic carbocycles. The van der Waals surface area contributed by atoms with Crippen LogP contribution in [0.15, 0.2) is 54.7 Å². The van der Waals surface area contributed by atoms with Gasteiger partial charge in [0.25, 0.3) is 0 Å². The molecule has 0 spiro atoms. The van der Waals surface area contributed by atoms with Crippen molar-refractivity contribution < 1.29 is 26.0 Å². The number of nitrogens with two attached hydrogens (primary N) is 1. The van der Waals surface area contributed by atoms with Gasteiger partial charge in [0.2, 0.25) is 10.0 Å². The lowest BCUT2D eigenvalue weighted by Crippen LogP contribution is -2.40. The molecule has 5 rings (SSSR count). The van der Waals surface area contributed by atoms with Crippen LogP contribution in [-0.4, -0.2) is 38.8 Å². The molecule has 38 heavy (non-hydrogen) atoms. The van der Waals surface area contributed by atoms with Crippen LogP contribution in [0.25, 0.3) is 33.2 Å². The maximum atomic E-state index is 14.7. The number of aromatic nitrogens is 1. The van der Waals surface area contributed by atoms with Crippen molar-refractivity contribution in [1.82, 2.24) is 4.98 Å². The Morgan fingerprint density at radius 1 is 0.895 bits per heavy atom.